The molecule has 15 heavy (non-hydrogen) atoms. The fraction of sp³-hybridized carbons (Fsp3) is 0.909. The van der Waals surface area contributed by atoms with Crippen LogP contribution < -0.4 is 5.32 Å². The van der Waals surface area contributed by atoms with Gasteiger partial charge in [0.25, 0.3) is 0 Å². The highest BCUT2D eigenvalue weighted by atomic mass is 16.2. The van der Waals surface area contributed by atoms with Crippen LogP contribution in [0, 0.1) is 0 Å². The van der Waals surface area contributed by atoms with Gasteiger partial charge in [-0.05, 0) is 19.4 Å². The number of likely N-dealkylation sites (tertiary alicyclic amines) is 1. The third kappa shape index (κ3) is 3.18. The minimum Gasteiger partial charge on any atom is -0.343 e. The molecule has 2 fully saturated rings. The molecule has 0 aromatic rings. The van der Waals surface area contributed by atoms with Gasteiger partial charge in [-0.15, -0.1) is 0 Å². The van der Waals surface area contributed by atoms with Gasteiger partial charge in [0.05, 0.1) is 0 Å². The van der Waals surface area contributed by atoms with E-state index in [2.05, 4.69) is 10.2 Å². The molecule has 2 heterocycles. The minimum atomic E-state index is 0.351. The summed E-state index contributed by atoms with van der Waals surface area (Å²) in [5, 5.41) is 4.32. The lowest BCUT2D eigenvalue weighted by Gasteiger charge is -2.27. The fourth-order valence-corrected chi connectivity index (χ4v) is 2.30. The van der Waals surface area contributed by atoms with Gasteiger partial charge in [-0.2, -0.15) is 0 Å². The number of rotatable bonds is 4. The van der Waals surface area contributed by atoms with Crippen LogP contribution in [0.15, 0.2) is 0 Å². The van der Waals surface area contributed by atoms with Gasteiger partial charge in [-0.1, -0.05) is 0 Å². The van der Waals surface area contributed by atoms with Crippen LogP contribution in [-0.2, 0) is 4.79 Å². The van der Waals surface area contributed by atoms with Crippen molar-refractivity contribution in [1.82, 2.24) is 15.1 Å². The van der Waals surface area contributed by atoms with Crippen LogP contribution in [0.5, 0.6) is 0 Å². The van der Waals surface area contributed by atoms with E-state index in [-0.39, 0.29) is 0 Å². The SMILES string of the molecule is O=C1CCCN1CCCN1CC[N]CC1. The van der Waals surface area contributed by atoms with Gasteiger partial charge in [-0.25, -0.2) is 5.32 Å². The molecule has 2 saturated heterocycles. The molecular formula is C11H20N3O. The molecule has 0 aromatic heterocycles. The second-order valence-corrected chi connectivity index (χ2v) is 4.35. The maximum atomic E-state index is 11.4. The van der Waals surface area contributed by atoms with Crippen molar-refractivity contribution in [2.45, 2.75) is 19.3 Å². The molecule has 0 aliphatic carbocycles. The molecule has 2 aliphatic rings. The Labute approximate surface area is 91.6 Å². The zero-order valence-electron chi connectivity index (χ0n) is 9.32. The Morgan fingerprint density at radius 1 is 1.13 bits per heavy atom. The van der Waals surface area contributed by atoms with Crippen LogP contribution >= 0.6 is 0 Å². The highest BCUT2D eigenvalue weighted by molar-refractivity contribution is 5.77. The second kappa shape index (κ2) is 5.47. The van der Waals surface area contributed by atoms with Crippen LogP contribution in [0.25, 0.3) is 0 Å². The minimum absolute atomic E-state index is 0.351. The molecule has 0 atom stereocenters. The first-order chi connectivity index (χ1) is 7.36. The molecule has 0 aromatic carbocycles. The number of hydrogen-bond acceptors (Lipinski definition) is 2. The predicted molar refractivity (Wildman–Crippen MR) is 58.7 cm³/mol. The van der Waals surface area contributed by atoms with Crippen molar-refractivity contribution in [1.29, 1.82) is 0 Å². The highest BCUT2D eigenvalue weighted by Gasteiger charge is 2.19. The molecule has 4 nitrogen and oxygen atoms in total. The first-order valence-electron chi connectivity index (χ1n) is 5.99. The highest BCUT2D eigenvalue weighted by Crippen LogP contribution is 2.09. The lowest BCUT2D eigenvalue weighted by atomic mass is 10.3. The van der Waals surface area contributed by atoms with E-state index in [1.807, 2.05) is 4.90 Å². The molecule has 1 amide bonds. The van der Waals surface area contributed by atoms with Gasteiger partial charge in [0, 0.05) is 45.7 Å². The summed E-state index contributed by atoms with van der Waals surface area (Å²) in [6, 6.07) is 0. The summed E-state index contributed by atoms with van der Waals surface area (Å²) >= 11 is 0. The average Bonchev–Trinajstić information content (AvgIpc) is 2.66. The largest absolute Gasteiger partial charge is 0.343 e. The van der Waals surface area contributed by atoms with E-state index in [0.717, 1.165) is 65.1 Å². The van der Waals surface area contributed by atoms with E-state index in [4.69, 9.17) is 0 Å². The summed E-state index contributed by atoms with van der Waals surface area (Å²) < 4.78 is 0. The lowest BCUT2D eigenvalue weighted by molar-refractivity contribution is -0.127. The van der Waals surface area contributed by atoms with Crippen molar-refractivity contribution >= 4 is 5.91 Å². The number of hydrogen-bond donors (Lipinski definition) is 0. The van der Waals surface area contributed by atoms with Crippen molar-refractivity contribution < 1.29 is 4.79 Å². The van der Waals surface area contributed by atoms with E-state index in [1.165, 1.54) is 0 Å². The van der Waals surface area contributed by atoms with E-state index < -0.39 is 0 Å². The average molecular weight is 210 g/mol. The topological polar surface area (TPSA) is 37.7 Å². The first-order valence-corrected chi connectivity index (χ1v) is 5.99. The molecule has 2 aliphatic heterocycles. The Morgan fingerprint density at radius 2 is 1.93 bits per heavy atom. The van der Waals surface area contributed by atoms with Gasteiger partial charge >= 0.3 is 0 Å². The Bertz CT molecular complexity index is 214. The lowest BCUT2D eigenvalue weighted by Crippen LogP contribution is -2.41. The van der Waals surface area contributed by atoms with E-state index in [1.54, 1.807) is 0 Å². The molecule has 0 spiro atoms. The van der Waals surface area contributed by atoms with Gasteiger partial charge in [0.2, 0.25) is 5.91 Å². The predicted octanol–water partition coefficient (Wildman–Crippen LogP) is -0.0811. The summed E-state index contributed by atoms with van der Waals surface area (Å²) in [5.74, 6) is 0.351. The van der Waals surface area contributed by atoms with Gasteiger partial charge < -0.3 is 9.80 Å². The molecular weight excluding hydrogens is 190 g/mol. The normalized spacial score (nSPS) is 23.7. The number of nitrogens with zero attached hydrogens (tertiary/aromatic N) is 3. The van der Waals surface area contributed by atoms with E-state index >= 15 is 0 Å². The van der Waals surface area contributed by atoms with Crippen LogP contribution in [0.1, 0.15) is 19.3 Å². The quantitative estimate of drug-likeness (QED) is 0.651. The Hall–Kier alpha value is -0.610. The van der Waals surface area contributed by atoms with Crippen LogP contribution in [0.3, 0.4) is 0 Å². The van der Waals surface area contributed by atoms with E-state index in [0.29, 0.717) is 5.91 Å². The van der Waals surface area contributed by atoms with Gasteiger partial charge in [-0.3, -0.25) is 4.79 Å². The smallest absolute Gasteiger partial charge is 0.222 e. The van der Waals surface area contributed by atoms with Crippen molar-refractivity contribution in [2.75, 3.05) is 45.8 Å². The zero-order chi connectivity index (χ0) is 10.5. The maximum absolute atomic E-state index is 11.4. The molecule has 1 radical (unpaired) electrons. The molecule has 85 valence electrons. The molecule has 2 rings (SSSR count). The molecule has 4 heteroatoms. The summed E-state index contributed by atoms with van der Waals surface area (Å²) in [7, 11) is 0. The number of piperazine rings is 1. The maximum Gasteiger partial charge on any atom is 0.222 e. The number of carbonyl (C=O) groups excluding carboxylic acids is 1. The Kier molecular flexibility index (Phi) is 3.97. The summed E-state index contributed by atoms with van der Waals surface area (Å²) in [4.78, 5) is 15.8. The summed E-state index contributed by atoms with van der Waals surface area (Å²) in [5.41, 5.74) is 0. The third-order valence-corrected chi connectivity index (χ3v) is 3.22. The Morgan fingerprint density at radius 3 is 2.60 bits per heavy atom. The van der Waals surface area contributed by atoms with Crippen LogP contribution in [0.4, 0.5) is 0 Å². The van der Waals surface area contributed by atoms with Crippen molar-refractivity contribution in [3.05, 3.63) is 0 Å². The summed E-state index contributed by atoms with van der Waals surface area (Å²) in [6.07, 6.45) is 2.94. The van der Waals surface area contributed by atoms with Gasteiger partial charge in [0.1, 0.15) is 0 Å². The van der Waals surface area contributed by atoms with Crippen molar-refractivity contribution in [2.24, 2.45) is 0 Å². The monoisotopic (exact) mass is 210 g/mol. The van der Waals surface area contributed by atoms with E-state index in [9.17, 15) is 4.79 Å². The zero-order valence-corrected chi connectivity index (χ0v) is 9.32. The summed E-state index contributed by atoms with van der Waals surface area (Å²) in [6.45, 7) is 7.24. The standard InChI is InChI=1S/C11H20N3O/c15-11-3-1-7-14(11)8-2-6-13-9-4-12-5-10-13/h1-10H2. The van der Waals surface area contributed by atoms with Crippen LogP contribution in [0.2, 0.25) is 0 Å². The first kappa shape index (κ1) is 10.9. The van der Waals surface area contributed by atoms with Crippen molar-refractivity contribution in [3.8, 4) is 0 Å². The fourth-order valence-electron chi connectivity index (χ4n) is 2.30. The third-order valence-electron chi connectivity index (χ3n) is 3.22. The molecule has 0 bridgehead atoms. The molecule has 0 N–H and O–H groups in total. The number of amides is 1. The molecule has 0 unspecified atom stereocenters. The molecule has 0 saturated carbocycles. The number of carbonyl (C=O) groups is 1. The Balaban J connectivity index is 1.59. The second-order valence-electron chi connectivity index (χ2n) is 4.35. The van der Waals surface area contributed by atoms with Crippen LogP contribution in [-0.4, -0.2) is 61.5 Å². The van der Waals surface area contributed by atoms with Gasteiger partial charge in [0.15, 0.2) is 0 Å². The van der Waals surface area contributed by atoms with Crippen molar-refractivity contribution in [3.63, 3.8) is 0 Å².